The molecule has 0 amide bonds. The van der Waals surface area contributed by atoms with E-state index in [1.165, 1.54) is 0 Å². The van der Waals surface area contributed by atoms with Gasteiger partial charge in [0.05, 0.1) is 17.8 Å². The van der Waals surface area contributed by atoms with Crippen LogP contribution in [0.25, 0.3) is 0 Å². The molecule has 2 aromatic carbocycles. The number of halogens is 2. The molecule has 0 atom stereocenters. The Balaban J connectivity index is 2.07. The molecule has 2 rings (SSSR count). The van der Waals surface area contributed by atoms with Crippen LogP contribution in [0.15, 0.2) is 46.9 Å². The molecular formula is C14H12BrClN2OS. The molecule has 0 saturated heterocycles. The number of ether oxygens (including phenoxy) is 1. The Labute approximate surface area is 136 Å². The summed E-state index contributed by atoms with van der Waals surface area (Å²) in [4.78, 5) is 0. The van der Waals surface area contributed by atoms with Crippen molar-refractivity contribution in [3.63, 3.8) is 0 Å². The number of anilines is 2. The van der Waals surface area contributed by atoms with Crippen molar-refractivity contribution in [3.05, 3.63) is 52.0 Å². The van der Waals surface area contributed by atoms with E-state index in [1.807, 2.05) is 36.4 Å². The molecule has 0 saturated carbocycles. The highest BCUT2D eigenvalue weighted by molar-refractivity contribution is 9.10. The van der Waals surface area contributed by atoms with Crippen LogP contribution in [0.5, 0.6) is 5.75 Å². The first-order valence-corrected chi connectivity index (χ1v) is 7.34. The Morgan fingerprint density at radius 3 is 2.65 bits per heavy atom. The highest BCUT2D eigenvalue weighted by Crippen LogP contribution is 2.26. The van der Waals surface area contributed by atoms with E-state index in [0.717, 1.165) is 21.6 Å². The van der Waals surface area contributed by atoms with Crippen molar-refractivity contribution >= 4 is 56.2 Å². The van der Waals surface area contributed by atoms with Gasteiger partial charge < -0.3 is 15.4 Å². The van der Waals surface area contributed by atoms with Gasteiger partial charge in [0.1, 0.15) is 5.75 Å². The first-order chi connectivity index (χ1) is 9.60. The first-order valence-electron chi connectivity index (χ1n) is 5.76. The third kappa shape index (κ3) is 3.85. The normalized spacial score (nSPS) is 9.95. The number of hydrogen-bond acceptors (Lipinski definition) is 2. The van der Waals surface area contributed by atoms with Gasteiger partial charge in [-0.3, -0.25) is 0 Å². The molecule has 20 heavy (non-hydrogen) atoms. The molecular weight excluding hydrogens is 360 g/mol. The molecule has 0 heterocycles. The quantitative estimate of drug-likeness (QED) is 0.750. The van der Waals surface area contributed by atoms with Crippen molar-refractivity contribution in [2.24, 2.45) is 0 Å². The van der Waals surface area contributed by atoms with Crippen LogP contribution in [0.3, 0.4) is 0 Å². The summed E-state index contributed by atoms with van der Waals surface area (Å²) < 4.78 is 6.10. The van der Waals surface area contributed by atoms with Crippen LogP contribution >= 0.6 is 39.7 Å². The van der Waals surface area contributed by atoms with Gasteiger partial charge >= 0.3 is 0 Å². The average Bonchev–Trinajstić information content (AvgIpc) is 2.43. The second-order valence-electron chi connectivity index (χ2n) is 3.91. The largest absolute Gasteiger partial charge is 0.495 e. The molecule has 104 valence electrons. The molecule has 0 fully saturated rings. The first kappa shape index (κ1) is 15.1. The lowest BCUT2D eigenvalue weighted by Gasteiger charge is -2.13. The molecule has 0 aromatic heterocycles. The average molecular weight is 372 g/mol. The number of para-hydroxylation sites is 2. The number of benzene rings is 2. The summed E-state index contributed by atoms with van der Waals surface area (Å²) in [5.41, 5.74) is 1.61. The molecule has 2 aromatic rings. The monoisotopic (exact) mass is 370 g/mol. The van der Waals surface area contributed by atoms with E-state index in [9.17, 15) is 0 Å². The molecule has 0 aliphatic heterocycles. The second kappa shape index (κ2) is 6.92. The number of thiocarbonyl (C=S) groups is 1. The highest BCUT2D eigenvalue weighted by Gasteiger charge is 2.05. The third-order valence-electron chi connectivity index (χ3n) is 2.53. The fourth-order valence-electron chi connectivity index (χ4n) is 1.61. The van der Waals surface area contributed by atoms with Crippen LogP contribution < -0.4 is 15.4 Å². The summed E-state index contributed by atoms with van der Waals surface area (Å²) in [6, 6.07) is 13.1. The van der Waals surface area contributed by atoms with E-state index in [-0.39, 0.29) is 0 Å². The maximum Gasteiger partial charge on any atom is 0.175 e. The van der Waals surface area contributed by atoms with Crippen LogP contribution in [0.4, 0.5) is 11.4 Å². The van der Waals surface area contributed by atoms with Crippen molar-refractivity contribution in [2.45, 2.75) is 0 Å². The molecule has 3 nitrogen and oxygen atoms in total. The Hall–Kier alpha value is -1.30. The molecule has 0 aliphatic carbocycles. The minimum atomic E-state index is 0.466. The maximum absolute atomic E-state index is 6.03. The van der Waals surface area contributed by atoms with Crippen molar-refractivity contribution in [1.82, 2.24) is 0 Å². The second-order valence-corrected chi connectivity index (χ2v) is 5.58. The van der Waals surface area contributed by atoms with Gasteiger partial charge in [-0.1, -0.05) is 23.7 Å². The zero-order valence-electron chi connectivity index (χ0n) is 10.6. The highest BCUT2D eigenvalue weighted by atomic mass is 79.9. The van der Waals surface area contributed by atoms with Gasteiger partial charge in [-0.15, -0.1) is 0 Å². The molecule has 0 spiro atoms. The van der Waals surface area contributed by atoms with Crippen LogP contribution in [0, 0.1) is 0 Å². The molecule has 0 unspecified atom stereocenters. The lowest BCUT2D eigenvalue weighted by Crippen LogP contribution is -2.19. The van der Waals surface area contributed by atoms with Gasteiger partial charge in [0, 0.05) is 10.2 Å². The van der Waals surface area contributed by atoms with Crippen molar-refractivity contribution in [3.8, 4) is 5.75 Å². The van der Waals surface area contributed by atoms with E-state index >= 15 is 0 Å². The lowest BCUT2D eigenvalue weighted by atomic mass is 10.3. The van der Waals surface area contributed by atoms with E-state index in [2.05, 4.69) is 26.6 Å². The van der Waals surface area contributed by atoms with Gasteiger partial charge in [-0.05, 0) is 58.5 Å². The van der Waals surface area contributed by atoms with Crippen molar-refractivity contribution in [1.29, 1.82) is 0 Å². The van der Waals surface area contributed by atoms with E-state index in [0.29, 0.717) is 10.1 Å². The molecule has 2 N–H and O–H groups in total. The summed E-state index contributed by atoms with van der Waals surface area (Å²) in [5, 5.41) is 7.24. The summed E-state index contributed by atoms with van der Waals surface area (Å²) >= 11 is 14.6. The van der Waals surface area contributed by atoms with E-state index in [4.69, 9.17) is 28.6 Å². The minimum absolute atomic E-state index is 0.466. The number of methoxy groups -OCH3 is 1. The Morgan fingerprint density at radius 1 is 1.20 bits per heavy atom. The summed E-state index contributed by atoms with van der Waals surface area (Å²) in [7, 11) is 1.62. The van der Waals surface area contributed by atoms with Crippen molar-refractivity contribution in [2.75, 3.05) is 17.7 Å². The Kier molecular flexibility index (Phi) is 5.23. The zero-order valence-corrected chi connectivity index (χ0v) is 13.8. The number of nitrogens with one attached hydrogen (secondary N) is 2. The standard InChI is InChI=1S/C14H12BrClN2OS/c1-19-13-5-3-2-4-12(13)18-14(20)17-9-6-7-10(15)11(16)8-9/h2-8H,1H3,(H2,17,18,20). The van der Waals surface area contributed by atoms with Gasteiger partial charge in [0.15, 0.2) is 5.11 Å². The maximum atomic E-state index is 6.03. The minimum Gasteiger partial charge on any atom is -0.495 e. The summed E-state index contributed by atoms with van der Waals surface area (Å²) in [6.45, 7) is 0. The molecule has 6 heteroatoms. The van der Waals surface area contributed by atoms with E-state index < -0.39 is 0 Å². The topological polar surface area (TPSA) is 33.3 Å². The smallest absolute Gasteiger partial charge is 0.175 e. The van der Waals surface area contributed by atoms with Crippen molar-refractivity contribution < 1.29 is 4.74 Å². The number of hydrogen-bond donors (Lipinski definition) is 2. The van der Waals surface area contributed by atoms with Gasteiger partial charge in [0.2, 0.25) is 0 Å². The zero-order chi connectivity index (χ0) is 14.5. The summed E-state index contributed by atoms with van der Waals surface area (Å²) in [5.74, 6) is 0.727. The van der Waals surface area contributed by atoms with Crippen LogP contribution in [-0.2, 0) is 0 Å². The fraction of sp³-hybridized carbons (Fsp3) is 0.0714. The van der Waals surface area contributed by atoms with Crippen LogP contribution in [0.1, 0.15) is 0 Å². The SMILES string of the molecule is COc1ccccc1NC(=S)Nc1ccc(Br)c(Cl)c1. The van der Waals surface area contributed by atoms with Crippen LogP contribution in [0.2, 0.25) is 5.02 Å². The molecule has 0 bridgehead atoms. The Bertz CT molecular complexity index is 636. The predicted molar refractivity (Wildman–Crippen MR) is 92.0 cm³/mol. The van der Waals surface area contributed by atoms with Gasteiger partial charge in [0.25, 0.3) is 0 Å². The fourth-order valence-corrected chi connectivity index (χ4v) is 2.26. The van der Waals surface area contributed by atoms with Crippen LogP contribution in [-0.4, -0.2) is 12.2 Å². The van der Waals surface area contributed by atoms with E-state index in [1.54, 1.807) is 13.2 Å². The lowest BCUT2D eigenvalue weighted by molar-refractivity contribution is 0.417. The molecule has 0 aliphatic rings. The van der Waals surface area contributed by atoms with Gasteiger partial charge in [-0.2, -0.15) is 0 Å². The summed E-state index contributed by atoms with van der Waals surface area (Å²) in [6.07, 6.45) is 0. The predicted octanol–water partition coefficient (Wildman–Crippen LogP) is 4.92. The molecule has 0 radical (unpaired) electrons. The Morgan fingerprint density at radius 2 is 1.95 bits per heavy atom. The van der Waals surface area contributed by atoms with Gasteiger partial charge in [-0.25, -0.2) is 0 Å². The third-order valence-corrected chi connectivity index (χ3v) is 3.97. The number of rotatable bonds is 3.